The molecule has 3 nitrogen and oxygen atoms in total. The van der Waals surface area contributed by atoms with Gasteiger partial charge >= 0.3 is 0 Å². The van der Waals surface area contributed by atoms with Gasteiger partial charge in [-0.05, 0) is 11.9 Å². The molecule has 1 aliphatic heterocycles. The normalized spacial score (nSPS) is 30.1. The van der Waals surface area contributed by atoms with Gasteiger partial charge < -0.3 is 5.73 Å². The molecule has 1 aliphatic carbocycles. The highest BCUT2D eigenvalue weighted by atomic mass is 32.2. The number of Topliss-reactive ketones (excluding diaryl/α,β-unsaturated/α-hetero) is 1. The van der Waals surface area contributed by atoms with Gasteiger partial charge in [0, 0.05) is 17.7 Å². The number of allylic oxidation sites excluding steroid dienone is 3. The van der Waals surface area contributed by atoms with Crippen LogP contribution < -0.4 is 5.73 Å². The number of rotatable bonds is 2. The van der Waals surface area contributed by atoms with E-state index in [1.807, 2.05) is 18.4 Å². The van der Waals surface area contributed by atoms with Crippen molar-refractivity contribution in [3.8, 4) is 0 Å². The van der Waals surface area contributed by atoms with Crippen LogP contribution in [0.1, 0.15) is 0 Å². The summed E-state index contributed by atoms with van der Waals surface area (Å²) in [6.07, 6.45) is 7.68. The van der Waals surface area contributed by atoms with Crippen LogP contribution in [0.25, 0.3) is 0 Å². The third kappa shape index (κ3) is 1.47. The summed E-state index contributed by atoms with van der Waals surface area (Å²) < 4.78 is 4.10. The van der Waals surface area contributed by atoms with Crippen LogP contribution >= 0.6 is 11.9 Å². The molecule has 2 aliphatic rings. The minimum absolute atomic E-state index is 0.0253. The first-order valence-electron chi connectivity index (χ1n) is 4.14. The molecule has 1 heterocycles. The zero-order valence-electron chi connectivity index (χ0n) is 7.01. The molecular weight excluding hydrogens is 184 g/mol. The summed E-state index contributed by atoms with van der Waals surface area (Å²) >= 11 is 1.45. The predicted octanol–water partition coefficient (Wildman–Crippen LogP) is 0.728. The Bertz CT molecular complexity index is 320. The van der Waals surface area contributed by atoms with Crippen LogP contribution in [-0.4, -0.2) is 23.8 Å². The molecule has 0 spiro atoms. The van der Waals surface area contributed by atoms with E-state index in [1.54, 1.807) is 0 Å². The molecule has 0 saturated carbocycles. The quantitative estimate of drug-likeness (QED) is 0.659. The van der Waals surface area contributed by atoms with Crippen molar-refractivity contribution >= 4 is 23.9 Å². The van der Waals surface area contributed by atoms with Crippen LogP contribution in [0.2, 0.25) is 0 Å². The van der Waals surface area contributed by atoms with Crippen LogP contribution in [0.3, 0.4) is 0 Å². The summed E-state index contributed by atoms with van der Waals surface area (Å²) in [6, 6.07) is 0. The van der Waals surface area contributed by atoms with Gasteiger partial charge in [-0.3, -0.25) is 4.79 Å². The van der Waals surface area contributed by atoms with Gasteiger partial charge in [-0.25, -0.2) is 4.40 Å². The molecule has 2 unspecified atom stereocenters. The number of nitrogens with two attached hydrogens (primary N) is 1. The Hall–Kier alpha value is -0.870. The van der Waals surface area contributed by atoms with Gasteiger partial charge in [0.1, 0.15) is 0 Å². The van der Waals surface area contributed by atoms with E-state index < -0.39 is 0 Å². The number of ketones is 1. The van der Waals surface area contributed by atoms with Crippen molar-refractivity contribution in [1.82, 2.24) is 0 Å². The largest absolute Gasteiger partial charge is 0.324 e. The summed E-state index contributed by atoms with van der Waals surface area (Å²) in [6.45, 7) is 0.0868. The summed E-state index contributed by atoms with van der Waals surface area (Å²) in [4.78, 5) is 11.4. The van der Waals surface area contributed by atoms with Crippen LogP contribution in [0.5, 0.6) is 0 Å². The lowest BCUT2D eigenvalue weighted by atomic mass is 9.92. The van der Waals surface area contributed by atoms with Crippen LogP contribution in [0.4, 0.5) is 0 Å². The van der Waals surface area contributed by atoms with E-state index in [4.69, 9.17) is 5.73 Å². The average Bonchev–Trinajstić information content (AvgIpc) is 2.63. The highest BCUT2D eigenvalue weighted by Gasteiger charge is 2.31. The smallest absolute Gasteiger partial charge is 0.173 e. The lowest BCUT2D eigenvalue weighted by Gasteiger charge is -2.18. The minimum Gasteiger partial charge on any atom is -0.324 e. The number of carbonyl (C=O) groups is 1. The summed E-state index contributed by atoms with van der Waals surface area (Å²) in [5.41, 5.74) is 6.12. The van der Waals surface area contributed by atoms with Crippen molar-refractivity contribution in [2.45, 2.75) is 5.25 Å². The van der Waals surface area contributed by atoms with Gasteiger partial charge in [0.15, 0.2) is 5.78 Å². The first-order valence-corrected chi connectivity index (χ1v) is 4.97. The zero-order chi connectivity index (χ0) is 9.26. The second kappa shape index (κ2) is 3.47. The van der Waals surface area contributed by atoms with Crippen molar-refractivity contribution in [3.05, 3.63) is 23.8 Å². The van der Waals surface area contributed by atoms with Gasteiger partial charge in [0.2, 0.25) is 0 Å². The molecular formula is C9H10N2OS. The van der Waals surface area contributed by atoms with Crippen molar-refractivity contribution in [3.63, 3.8) is 0 Å². The Kier molecular flexibility index (Phi) is 2.33. The maximum absolute atomic E-state index is 11.4. The van der Waals surface area contributed by atoms with E-state index in [2.05, 4.69) is 10.5 Å². The molecule has 0 aromatic rings. The fraction of sp³-hybridized carbons (Fsp3) is 0.333. The molecule has 0 aromatic heterocycles. The molecule has 2 rings (SSSR count). The number of fused-ring (bicyclic) bond motifs is 1. The first-order chi connectivity index (χ1) is 6.33. The maximum Gasteiger partial charge on any atom is 0.173 e. The molecule has 2 N–H and O–H groups in total. The van der Waals surface area contributed by atoms with Crippen molar-refractivity contribution < 1.29 is 4.79 Å². The van der Waals surface area contributed by atoms with Gasteiger partial charge in [0.25, 0.3) is 0 Å². The fourth-order valence-electron chi connectivity index (χ4n) is 1.49. The van der Waals surface area contributed by atoms with Gasteiger partial charge in [-0.1, -0.05) is 18.2 Å². The summed E-state index contributed by atoms with van der Waals surface area (Å²) in [7, 11) is 0. The molecule has 0 amide bonds. The summed E-state index contributed by atoms with van der Waals surface area (Å²) in [5, 5.41) is 0.168. The number of hydrogen-bond donors (Lipinski definition) is 1. The Morgan fingerprint density at radius 3 is 3.31 bits per heavy atom. The van der Waals surface area contributed by atoms with Crippen LogP contribution in [0.15, 0.2) is 28.2 Å². The average molecular weight is 194 g/mol. The molecule has 0 saturated heterocycles. The first kappa shape index (κ1) is 8.72. The molecule has 0 fully saturated rings. The molecule has 4 heteroatoms. The number of carbonyl (C=O) groups excluding carboxylic acids is 1. The number of hydrogen-bond acceptors (Lipinski definition) is 4. The van der Waals surface area contributed by atoms with Crippen molar-refractivity contribution in [2.75, 3.05) is 6.54 Å². The Morgan fingerprint density at radius 2 is 2.54 bits per heavy atom. The van der Waals surface area contributed by atoms with Crippen molar-refractivity contribution in [2.24, 2.45) is 16.0 Å². The van der Waals surface area contributed by atoms with Gasteiger partial charge in [-0.15, -0.1) is 0 Å². The third-order valence-electron chi connectivity index (χ3n) is 2.18. The minimum atomic E-state index is 0.0253. The van der Waals surface area contributed by atoms with Gasteiger partial charge in [-0.2, -0.15) is 0 Å². The SMILES string of the molecule is NCC(=O)C1=CC=CC2C=NSC12. The number of nitrogens with zero attached hydrogens (tertiary/aromatic N) is 1. The van der Waals surface area contributed by atoms with Crippen LogP contribution in [0, 0.1) is 5.92 Å². The van der Waals surface area contributed by atoms with E-state index in [-0.39, 0.29) is 23.5 Å². The van der Waals surface area contributed by atoms with Crippen molar-refractivity contribution in [1.29, 1.82) is 0 Å². The second-order valence-electron chi connectivity index (χ2n) is 2.99. The molecule has 0 radical (unpaired) electrons. The lowest BCUT2D eigenvalue weighted by molar-refractivity contribution is -0.114. The van der Waals surface area contributed by atoms with E-state index >= 15 is 0 Å². The second-order valence-corrected chi connectivity index (χ2v) is 3.92. The Labute approximate surface area is 80.9 Å². The predicted molar refractivity (Wildman–Crippen MR) is 54.6 cm³/mol. The lowest BCUT2D eigenvalue weighted by Crippen LogP contribution is -2.27. The summed E-state index contributed by atoms with van der Waals surface area (Å²) in [5.74, 6) is 0.304. The molecule has 0 bridgehead atoms. The highest BCUT2D eigenvalue weighted by Crippen LogP contribution is 2.35. The van der Waals surface area contributed by atoms with E-state index in [9.17, 15) is 4.79 Å². The molecule has 13 heavy (non-hydrogen) atoms. The molecule has 0 aromatic carbocycles. The topological polar surface area (TPSA) is 55.5 Å². The standard InChI is InChI=1S/C9H10N2OS/c10-4-8(12)7-3-1-2-6-5-11-13-9(6)7/h1-3,5-6,9H,4,10H2. The van der Waals surface area contributed by atoms with E-state index in [0.29, 0.717) is 0 Å². The highest BCUT2D eigenvalue weighted by molar-refractivity contribution is 7.99. The molecule has 68 valence electrons. The van der Waals surface area contributed by atoms with Gasteiger partial charge in [0.05, 0.1) is 11.8 Å². The van der Waals surface area contributed by atoms with E-state index in [1.165, 1.54) is 11.9 Å². The fourth-order valence-corrected chi connectivity index (χ4v) is 2.45. The Morgan fingerprint density at radius 1 is 1.69 bits per heavy atom. The maximum atomic E-state index is 11.4. The van der Waals surface area contributed by atoms with Crippen LogP contribution in [-0.2, 0) is 4.79 Å². The monoisotopic (exact) mass is 194 g/mol. The third-order valence-corrected chi connectivity index (χ3v) is 3.22. The Balaban J connectivity index is 2.24. The van der Waals surface area contributed by atoms with E-state index in [0.717, 1.165) is 5.57 Å². The molecule has 2 atom stereocenters. The zero-order valence-corrected chi connectivity index (χ0v) is 7.83.